The summed E-state index contributed by atoms with van der Waals surface area (Å²) in [5, 5.41) is 10.3. The molecule has 0 aliphatic heterocycles. The van der Waals surface area contributed by atoms with Gasteiger partial charge in [-0.3, -0.25) is 0 Å². The summed E-state index contributed by atoms with van der Waals surface area (Å²) >= 11 is 0. The van der Waals surface area contributed by atoms with Gasteiger partial charge in [-0.05, 0) is 49.1 Å². The minimum absolute atomic E-state index is 0.362. The average molecular weight is 274 g/mol. The number of fused-ring (bicyclic) bond motifs is 1. The fraction of sp³-hybridized carbons (Fsp3) is 0.438. The summed E-state index contributed by atoms with van der Waals surface area (Å²) in [5.74, 6) is -0.505. The summed E-state index contributed by atoms with van der Waals surface area (Å²) in [6, 6.07) is 3.78. The second-order valence-electron chi connectivity index (χ2n) is 5.56. The highest BCUT2D eigenvalue weighted by Gasteiger charge is 2.16. The van der Waals surface area contributed by atoms with E-state index in [0.29, 0.717) is 18.0 Å². The van der Waals surface area contributed by atoms with E-state index in [4.69, 9.17) is 5.73 Å². The van der Waals surface area contributed by atoms with Crippen LogP contribution in [0, 0.1) is 6.92 Å². The van der Waals surface area contributed by atoms with Crippen LogP contribution in [-0.4, -0.2) is 22.2 Å². The first-order valence-electron chi connectivity index (χ1n) is 7.02. The quantitative estimate of drug-likeness (QED) is 0.880. The van der Waals surface area contributed by atoms with Gasteiger partial charge >= 0.3 is 5.97 Å². The molecule has 4 nitrogen and oxygen atoms in total. The Morgan fingerprint density at radius 2 is 2.10 bits per heavy atom. The van der Waals surface area contributed by atoms with E-state index in [1.807, 2.05) is 13.0 Å². The number of carboxylic acid groups (broad SMARTS) is 1. The molecule has 2 aromatic rings. The number of nitrogens with zero attached hydrogens (tertiary/aromatic N) is 1. The van der Waals surface area contributed by atoms with Crippen molar-refractivity contribution in [2.24, 2.45) is 5.73 Å². The van der Waals surface area contributed by atoms with Gasteiger partial charge in [-0.15, -0.1) is 0 Å². The van der Waals surface area contributed by atoms with Crippen LogP contribution in [0.3, 0.4) is 0 Å². The van der Waals surface area contributed by atoms with E-state index in [9.17, 15) is 9.90 Å². The molecule has 20 heavy (non-hydrogen) atoms. The standard InChI is InChI=1S/C16H22N2O2/c1-10(2)14-9-18(6-4-5-17)15-7-11(3)12(16(19)20)8-13(14)15/h7-10H,4-6,17H2,1-3H3,(H,19,20). The Labute approximate surface area is 119 Å². The van der Waals surface area contributed by atoms with E-state index in [2.05, 4.69) is 24.6 Å². The van der Waals surface area contributed by atoms with Gasteiger partial charge in [0.05, 0.1) is 5.56 Å². The lowest BCUT2D eigenvalue weighted by Crippen LogP contribution is -2.05. The molecule has 2 rings (SSSR count). The molecule has 0 saturated carbocycles. The highest BCUT2D eigenvalue weighted by atomic mass is 16.4. The van der Waals surface area contributed by atoms with Crippen molar-refractivity contribution in [3.63, 3.8) is 0 Å². The average Bonchev–Trinajstić information content (AvgIpc) is 2.73. The third-order valence-corrected chi connectivity index (χ3v) is 3.71. The molecular formula is C16H22N2O2. The molecule has 0 aliphatic rings. The van der Waals surface area contributed by atoms with E-state index < -0.39 is 5.97 Å². The molecule has 1 heterocycles. The van der Waals surface area contributed by atoms with Crippen molar-refractivity contribution in [3.05, 3.63) is 35.0 Å². The molecule has 4 heteroatoms. The van der Waals surface area contributed by atoms with Crippen LogP contribution in [0.25, 0.3) is 10.9 Å². The Hall–Kier alpha value is -1.81. The van der Waals surface area contributed by atoms with Crippen molar-refractivity contribution in [1.82, 2.24) is 4.57 Å². The zero-order valence-electron chi connectivity index (χ0n) is 12.3. The fourth-order valence-electron chi connectivity index (χ4n) is 2.61. The molecule has 0 atom stereocenters. The molecule has 0 bridgehead atoms. The molecule has 0 amide bonds. The third kappa shape index (κ3) is 2.56. The first kappa shape index (κ1) is 14.6. The first-order valence-corrected chi connectivity index (χ1v) is 7.02. The largest absolute Gasteiger partial charge is 0.478 e. The summed E-state index contributed by atoms with van der Waals surface area (Å²) in [4.78, 5) is 11.3. The normalized spacial score (nSPS) is 11.4. The van der Waals surface area contributed by atoms with E-state index in [0.717, 1.165) is 29.4 Å². The second kappa shape index (κ2) is 5.67. The molecule has 0 spiro atoms. The summed E-state index contributed by atoms with van der Waals surface area (Å²) < 4.78 is 2.19. The number of aromatic carboxylic acids is 1. The van der Waals surface area contributed by atoms with Crippen LogP contribution in [0.2, 0.25) is 0 Å². The third-order valence-electron chi connectivity index (χ3n) is 3.71. The fourth-order valence-corrected chi connectivity index (χ4v) is 2.61. The molecule has 1 aromatic heterocycles. The number of rotatable bonds is 5. The Bertz CT molecular complexity index is 641. The highest BCUT2D eigenvalue weighted by molar-refractivity contribution is 5.96. The number of carbonyl (C=O) groups is 1. The van der Waals surface area contributed by atoms with Gasteiger partial charge < -0.3 is 15.4 Å². The number of nitrogens with two attached hydrogens (primary N) is 1. The van der Waals surface area contributed by atoms with Gasteiger partial charge in [0.2, 0.25) is 0 Å². The van der Waals surface area contributed by atoms with E-state index in [1.54, 1.807) is 6.07 Å². The number of benzene rings is 1. The molecular weight excluding hydrogens is 252 g/mol. The number of hydrogen-bond donors (Lipinski definition) is 2. The monoisotopic (exact) mass is 274 g/mol. The topological polar surface area (TPSA) is 68.2 Å². The molecule has 0 radical (unpaired) electrons. The molecule has 0 aliphatic carbocycles. The van der Waals surface area contributed by atoms with Crippen LogP contribution >= 0.6 is 0 Å². The van der Waals surface area contributed by atoms with E-state index in [1.165, 1.54) is 5.56 Å². The first-order chi connectivity index (χ1) is 9.45. The predicted molar refractivity (Wildman–Crippen MR) is 81.4 cm³/mol. The number of aryl methyl sites for hydroxylation is 2. The minimum Gasteiger partial charge on any atom is -0.478 e. The zero-order valence-corrected chi connectivity index (χ0v) is 12.3. The van der Waals surface area contributed by atoms with Crippen LogP contribution in [0.5, 0.6) is 0 Å². The molecule has 0 saturated heterocycles. The number of aromatic nitrogens is 1. The van der Waals surface area contributed by atoms with E-state index >= 15 is 0 Å². The van der Waals surface area contributed by atoms with Crippen LogP contribution < -0.4 is 5.73 Å². The van der Waals surface area contributed by atoms with Crippen LogP contribution in [-0.2, 0) is 6.54 Å². The van der Waals surface area contributed by atoms with Crippen molar-refractivity contribution in [3.8, 4) is 0 Å². The summed E-state index contributed by atoms with van der Waals surface area (Å²) in [7, 11) is 0. The lowest BCUT2D eigenvalue weighted by molar-refractivity contribution is 0.0696. The maximum Gasteiger partial charge on any atom is 0.335 e. The maximum atomic E-state index is 11.3. The van der Waals surface area contributed by atoms with Gasteiger partial charge in [0.1, 0.15) is 0 Å². The van der Waals surface area contributed by atoms with Gasteiger partial charge in [-0.2, -0.15) is 0 Å². The van der Waals surface area contributed by atoms with Crippen molar-refractivity contribution < 1.29 is 9.90 Å². The predicted octanol–water partition coefficient (Wildman–Crippen LogP) is 3.12. The van der Waals surface area contributed by atoms with Crippen LogP contribution in [0.4, 0.5) is 0 Å². The van der Waals surface area contributed by atoms with Gasteiger partial charge in [0, 0.05) is 23.6 Å². The SMILES string of the molecule is Cc1cc2c(cc1C(=O)O)c(C(C)C)cn2CCCN. The van der Waals surface area contributed by atoms with Gasteiger partial charge in [-0.25, -0.2) is 4.79 Å². The van der Waals surface area contributed by atoms with Crippen LogP contribution in [0.15, 0.2) is 18.3 Å². The number of hydrogen-bond acceptors (Lipinski definition) is 2. The zero-order chi connectivity index (χ0) is 14.9. The Morgan fingerprint density at radius 1 is 1.40 bits per heavy atom. The Morgan fingerprint density at radius 3 is 2.65 bits per heavy atom. The van der Waals surface area contributed by atoms with Crippen molar-refractivity contribution in [2.45, 2.75) is 39.7 Å². The molecule has 1 aromatic carbocycles. The second-order valence-corrected chi connectivity index (χ2v) is 5.56. The lowest BCUT2D eigenvalue weighted by Gasteiger charge is -2.07. The minimum atomic E-state index is -0.867. The van der Waals surface area contributed by atoms with Crippen molar-refractivity contribution in [1.29, 1.82) is 0 Å². The summed E-state index contributed by atoms with van der Waals surface area (Å²) in [6.07, 6.45) is 3.05. The van der Waals surface area contributed by atoms with Gasteiger partial charge in [0.15, 0.2) is 0 Å². The molecule has 0 unspecified atom stereocenters. The highest BCUT2D eigenvalue weighted by Crippen LogP contribution is 2.30. The Kier molecular flexibility index (Phi) is 4.14. The molecule has 108 valence electrons. The van der Waals surface area contributed by atoms with Crippen molar-refractivity contribution in [2.75, 3.05) is 6.54 Å². The lowest BCUT2D eigenvalue weighted by atomic mass is 9.99. The van der Waals surface area contributed by atoms with Gasteiger partial charge in [0.25, 0.3) is 0 Å². The van der Waals surface area contributed by atoms with Crippen LogP contribution in [0.1, 0.15) is 47.7 Å². The summed E-state index contributed by atoms with van der Waals surface area (Å²) in [6.45, 7) is 7.62. The maximum absolute atomic E-state index is 11.3. The Balaban J connectivity index is 2.66. The van der Waals surface area contributed by atoms with Gasteiger partial charge in [-0.1, -0.05) is 13.8 Å². The smallest absolute Gasteiger partial charge is 0.335 e. The number of carboxylic acids is 1. The summed E-state index contributed by atoms with van der Waals surface area (Å²) in [5.41, 5.74) is 9.07. The molecule has 3 N–H and O–H groups in total. The van der Waals surface area contributed by atoms with Crippen molar-refractivity contribution >= 4 is 16.9 Å². The molecule has 0 fully saturated rings. The van der Waals surface area contributed by atoms with E-state index in [-0.39, 0.29) is 0 Å².